The molecule has 2 nitrogen and oxygen atoms in total. The van der Waals surface area contributed by atoms with E-state index < -0.39 is 0 Å². The highest BCUT2D eigenvalue weighted by Gasteiger charge is 2.58. The van der Waals surface area contributed by atoms with Crippen LogP contribution in [0.4, 0.5) is 0 Å². The van der Waals surface area contributed by atoms with E-state index in [9.17, 15) is 0 Å². The third-order valence-corrected chi connectivity index (χ3v) is 5.11. The summed E-state index contributed by atoms with van der Waals surface area (Å²) in [5.41, 5.74) is 7.48. The van der Waals surface area contributed by atoms with Gasteiger partial charge in [0.15, 0.2) is 0 Å². The fourth-order valence-electron chi connectivity index (χ4n) is 2.73. The second kappa shape index (κ2) is 3.05. The first-order valence-corrected chi connectivity index (χ1v) is 6.68. The number of nitrogens with zero attached hydrogens (tertiary/aromatic N) is 1. The molecule has 0 aliphatic heterocycles. The van der Waals surface area contributed by atoms with Crippen LogP contribution >= 0.6 is 11.3 Å². The molecule has 82 valence electrons. The topological polar surface area (TPSA) is 38.9 Å². The quantitative estimate of drug-likeness (QED) is 0.854. The van der Waals surface area contributed by atoms with Crippen molar-refractivity contribution in [3.8, 4) is 0 Å². The van der Waals surface area contributed by atoms with Crippen molar-refractivity contribution < 1.29 is 0 Å². The van der Waals surface area contributed by atoms with Crippen LogP contribution in [0.5, 0.6) is 0 Å². The highest BCUT2D eigenvalue weighted by Crippen LogP contribution is 2.64. The van der Waals surface area contributed by atoms with E-state index in [4.69, 9.17) is 10.7 Å². The van der Waals surface area contributed by atoms with Crippen LogP contribution in [0.3, 0.4) is 0 Å². The monoisotopic (exact) mass is 222 g/mol. The lowest BCUT2D eigenvalue weighted by molar-refractivity contribution is 0.557. The Bertz CT molecular complexity index is 379. The van der Waals surface area contributed by atoms with E-state index in [1.165, 1.54) is 23.5 Å². The van der Waals surface area contributed by atoms with Crippen molar-refractivity contribution in [2.75, 3.05) is 6.54 Å². The normalized spacial score (nSPS) is 33.0. The first-order valence-electron chi connectivity index (χ1n) is 5.80. The van der Waals surface area contributed by atoms with Crippen molar-refractivity contribution in [2.24, 2.45) is 17.1 Å². The highest BCUT2D eigenvalue weighted by molar-refractivity contribution is 7.09. The van der Waals surface area contributed by atoms with Gasteiger partial charge in [0.2, 0.25) is 0 Å². The van der Waals surface area contributed by atoms with Crippen molar-refractivity contribution >= 4 is 11.3 Å². The SMILES string of the molecule is CC1(C)C(CN)C1c1csc(C2CC2)n1. The van der Waals surface area contributed by atoms with Gasteiger partial charge in [-0.2, -0.15) is 0 Å². The Hall–Kier alpha value is -0.410. The van der Waals surface area contributed by atoms with Gasteiger partial charge in [-0.05, 0) is 30.7 Å². The van der Waals surface area contributed by atoms with Crippen LogP contribution < -0.4 is 5.73 Å². The summed E-state index contributed by atoms with van der Waals surface area (Å²) < 4.78 is 0. The number of hydrogen-bond donors (Lipinski definition) is 1. The predicted molar refractivity (Wildman–Crippen MR) is 63.2 cm³/mol. The number of hydrogen-bond acceptors (Lipinski definition) is 3. The molecule has 2 N–H and O–H groups in total. The molecule has 2 saturated carbocycles. The van der Waals surface area contributed by atoms with Crippen LogP contribution in [0.25, 0.3) is 0 Å². The molecule has 0 aromatic carbocycles. The first-order chi connectivity index (χ1) is 7.14. The van der Waals surface area contributed by atoms with Gasteiger partial charge in [-0.1, -0.05) is 13.8 Å². The minimum absolute atomic E-state index is 0.379. The Balaban J connectivity index is 1.81. The third-order valence-electron chi connectivity index (χ3n) is 4.09. The smallest absolute Gasteiger partial charge is 0.0959 e. The van der Waals surface area contributed by atoms with Gasteiger partial charge in [0.25, 0.3) is 0 Å². The van der Waals surface area contributed by atoms with Crippen LogP contribution in [0.2, 0.25) is 0 Å². The average molecular weight is 222 g/mol. The van der Waals surface area contributed by atoms with Crippen LogP contribution in [0, 0.1) is 11.3 Å². The maximum atomic E-state index is 5.79. The van der Waals surface area contributed by atoms with E-state index in [0.717, 1.165) is 12.5 Å². The molecule has 0 radical (unpaired) electrons. The van der Waals surface area contributed by atoms with Crippen molar-refractivity contribution in [3.63, 3.8) is 0 Å². The predicted octanol–water partition coefficient (Wildman–Crippen LogP) is 2.72. The fourth-order valence-corrected chi connectivity index (χ4v) is 3.76. The van der Waals surface area contributed by atoms with Crippen LogP contribution in [0.1, 0.15) is 49.2 Å². The number of rotatable bonds is 3. The maximum Gasteiger partial charge on any atom is 0.0959 e. The molecular formula is C12H18N2S. The summed E-state index contributed by atoms with van der Waals surface area (Å²) in [6.07, 6.45) is 2.70. The Labute approximate surface area is 94.9 Å². The molecular weight excluding hydrogens is 204 g/mol. The summed E-state index contributed by atoms with van der Waals surface area (Å²) in [5, 5.41) is 3.62. The Morgan fingerprint density at radius 3 is 2.80 bits per heavy atom. The van der Waals surface area contributed by atoms with E-state index in [-0.39, 0.29) is 0 Å². The van der Waals surface area contributed by atoms with E-state index in [1.54, 1.807) is 0 Å². The molecule has 3 rings (SSSR count). The second-order valence-electron chi connectivity index (χ2n) is 5.53. The molecule has 1 aromatic rings. The van der Waals surface area contributed by atoms with Gasteiger partial charge >= 0.3 is 0 Å². The number of thiazole rings is 1. The standard InChI is InChI=1S/C12H18N2S/c1-12(2)8(5-13)10(12)9-6-15-11(14-9)7-3-4-7/h6-8,10H,3-5,13H2,1-2H3. The van der Waals surface area contributed by atoms with E-state index in [2.05, 4.69) is 19.2 Å². The summed E-state index contributed by atoms with van der Waals surface area (Å²) in [7, 11) is 0. The molecule has 0 spiro atoms. The minimum Gasteiger partial charge on any atom is -0.330 e. The molecule has 0 amide bonds. The number of nitrogens with two attached hydrogens (primary N) is 1. The molecule has 0 saturated heterocycles. The van der Waals surface area contributed by atoms with E-state index >= 15 is 0 Å². The Morgan fingerprint density at radius 1 is 1.53 bits per heavy atom. The molecule has 1 heterocycles. The van der Waals surface area contributed by atoms with Crippen molar-refractivity contribution in [3.05, 3.63) is 16.1 Å². The molecule has 1 aromatic heterocycles. The molecule has 15 heavy (non-hydrogen) atoms. The fraction of sp³-hybridized carbons (Fsp3) is 0.750. The second-order valence-corrected chi connectivity index (χ2v) is 6.42. The highest BCUT2D eigenvalue weighted by atomic mass is 32.1. The van der Waals surface area contributed by atoms with Gasteiger partial charge in [-0.15, -0.1) is 11.3 Å². The van der Waals surface area contributed by atoms with E-state index in [0.29, 0.717) is 17.3 Å². The lowest BCUT2D eigenvalue weighted by atomic mass is 10.1. The zero-order chi connectivity index (χ0) is 10.6. The van der Waals surface area contributed by atoms with Gasteiger partial charge in [0, 0.05) is 17.2 Å². The zero-order valence-corrected chi connectivity index (χ0v) is 10.2. The summed E-state index contributed by atoms with van der Waals surface area (Å²) in [6.45, 7) is 5.42. The van der Waals surface area contributed by atoms with Crippen LogP contribution in [0.15, 0.2) is 5.38 Å². The van der Waals surface area contributed by atoms with Crippen molar-refractivity contribution in [1.82, 2.24) is 4.98 Å². The lowest BCUT2D eigenvalue weighted by Gasteiger charge is -1.98. The summed E-state index contributed by atoms with van der Waals surface area (Å²) in [4.78, 5) is 4.79. The summed E-state index contributed by atoms with van der Waals surface area (Å²) in [6, 6.07) is 0. The molecule has 2 aliphatic carbocycles. The zero-order valence-electron chi connectivity index (χ0n) is 9.36. The molecule has 2 aliphatic rings. The summed E-state index contributed by atoms with van der Waals surface area (Å²) in [5.74, 6) is 2.06. The van der Waals surface area contributed by atoms with Gasteiger partial charge in [-0.25, -0.2) is 4.98 Å². The Morgan fingerprint density at radius 2 is 2.27 bits per heavy atom. The largest absolute Gasteiger partial charge is 0.330 e. The minimum atomic E-state index is 0.379. The van der Waals surface area contributed by atoms with Gasteiger partial charge in [0.1, 0.15) is 0 Å². The van der Waals surface area contributed by atoms with Crippen LogP contribution in [-0.4, -0.2) is 11.5 Å². The van der Waals surface area contributed by atoms with Gasteiger partial charge in [0.05, 0.1) is 10.7 Å². The molecule has 2 fully saturated rings. The first kappa shape index (κ1) is 9.79. The molecule has 0 bridgehead atoms. The number of aromatic nitrogens is 1. The maximum absolute atomic E-state index is 5.79. The van der Waals surface area contributed by atoms with E-state index in [1.807, 2.05) is 11.3 Å². The molecule has 2 unspecified atom stereocenters. The molecule has 3 heteroatoms. The Kier molecular flexibility index (Phi) is 1.99. The lowest BCUT2D eigenvalue weighted by Crippen LogP contribution is -2.05. The summed E-state index contributed by atoms with van der Waals surface area (Å²) >= 11 is 1.85. The third kappa shape index (κ3) is 1.44. The van der Waals surface area contributed by atoms with Crippen LogP contribution in [-0.2, 0) is 0 Å². The average Bonchev–Trinajstić information content (AvgIpc) is 3.06. The van der Waals surface area contributed by atoms with Crippen molar-refractivity contribution in [2.45, 2.75) is 38.5 Å². The molecule has 2 atom stereocenters. The van der Waals surface area contributed by atoms with Crippen molar-refractivity contribution in [1.29, 1.82) is 0 Å². The van der Waals surface area contributed by atoms with Gasteiger partial charge < -0.3 is 5.73 Å². The van der Waals surface area contributed by atoms with Gasteiger partial charge in [-0.3, -0.25) is 0 Å².